The molecule has 10 heavy (non-hydrogen) atoms. The van der Waals surface area contributed by atoms with Crippen LogP contribution in [-0.4, -0.2) is 5.11 Å². The summed E-state index contributed by atoms with van der Waals surface area (Å²) in [7, 11) is 0. The van der Waals surface area contributed by atoms with Crippen LogP contribution in [0.2, 0.25) is 0 Å². The largest absolute Gasteiger partial charge is 0.389 e. The lowest BCUT2D eigenvalue weighted by atomic mass is 10.1. The molecule has 1 nitrogen and oxygen atoms in total. The maximum Gasteiger partial charge on any atom is 0.0768 e. The van der Waals surface area contributed by atoms with Crippen LogP contribution in [0.5, 0.6) is 0 Å². The van der Waals surface area contributed by atoms with Crippen molar-refractivity contribution in [3.63, 3.8) is 0 Å². The van der Waals surface area contributed by atoms with Crippen molar-refractivity contribution in [3.8, 4) is 0 Å². The molecule has 0 aliphatic heterocycles. The minimum absolute atomic E-state index is 0.433. The highest BCUT2D eigenvalue weighted by Crippen LogP contribution is 2.16. The molecule has 0 heterocycles. The maximum atomic E-state index is 9.10. The third-order valence-electron chi connectivity index (χ3n) is 1.24. The molecule has 0 spiro atoms. The molecule has 2 heteroatoms. The van der Waals surface area contributed by atoms with Gasteiger partial charge in [0.1, 0.15) is 0 Å². The Morgan fingerprint density at radius 2 is 2.40 bits per heavy atom. The van der Waals surface area contributed by atoms with E-state index in [1.807, 2.05) is 12.1 Å². The third kappa shape index (κ3) is 1.82. The fraction of sp³-hybridized carbons (Fsp3) is 0.250. The minimum atomic E-state index is -0.433. The van der Waals surface area contributed by atoms with Gasteiger partial charge in [-0.3, -0.25) is 0 Å². The molecule has 0 saturated heterocycles. The molecular formula is C8H8BrO. The number of rotatable bonds is 1. The van der Waals surface area contributed by atoms with Crippen molar-refractivity contribution in [1.82, 2.24) is 0 Å². The van der Waals surface area contributed by atoms with Crippen molar-refractivity contribution in [2.24, 2.45) is 0 Å². The van der Waals surface area contributed by atoms with Crippen molar-refractivity contribution in [2.75, 3.05) is 0 Å². The van der Waals surface area contributed by atoms with Crippen LogP contribution in [0.4, 0.5) is 0 Å². The Labute approximate surface area is 68.8 Å². The van der Waals surface area contributed by atoms with Crippen LogP contribution in [0.3, 0.4) is 0 Å². The fourth-order valence-corrected chi connectivity index (χ4v) is 1.08. The lowest BCUT2D eigenvalue weighted by molar-refractivity contribution is 0.199. The van der Waals surface area contributed by atoms with Crippen LogP contribution < -0.4 is 0 Å². The van der Waals surface area contributed by atoms with E-state index in [1.54, 1.807) is 13.0 Å². The van der Waals surface area contributed by atoms with Gasteiger partial charge >= 0.3 is 0 Å². The van der Waals surface area contributed by atoms with Gasteiger partial charge in [-0.15, -0.1) is 0 Å². The highest BCUT2D eigenvalue weighted by Gasteiger charge is 1.99. The topological polar surface area (TPSA) is 20.2 Å². The molecule has 0 saturated carbocycles. The van der Waals surface area contributed by atoms with E-state index in [4.69, 9.17) is 5.11 Å². The summed E-state index contributed by atoms with van der Waals surface area (Å²) in [6, 6.07) is 8.45. The Morgan fingerprint density at radius 3 is 2.80 bits per heavy atom. The van der Waals surface area contributed by atoms with Crippen LogP contribution in [0.1, 0.15) is 18.6 Å². The summed E-state index contributed by atoms with van der Waals surface area (Å²) in [5, 5.41) is 9.10. The van der Waals surface area contributed by atoms with Gasteiger partial charge in [0.2, 0.25) is 0 Å². The molecule has 1 radical (unpaired) electrons. The predicted molar refractivity (Wildman–Crippen MR) is 43.6 cm³/mol. The molecule has 0 aliphatic rings. The molecule has 53 valence electrons. The Morgan fingerprint density at radius 1 is 1.70 bits per heavy atom. The summed E-state index contributed by atoms with van der Waals surface area (Å²) in [4.78, 5) is 0. The van der Waals surface area contributed by atoms with E-state index < -0.39 is 6.10 Å². The van der Waals surface area contributed by atoms with Crippen LogP contribution >= 0.6 is 15.9 Å². The molecule has 0 aliphatic carbocycles. The molecule has 0 bridgehead atoms. The van der Waals surface area contributed by atoms with Gasteiger partial charge in [-0.25, -0.2) is 0 Å². The van der Waals surface area contributed by atoms with E-state index in [2.05, 4.69) is 22.0 Å². The van der Waals surface area contributed by atoms with Crippen LogP contribution in [0, 0.1) is 6.07 Å². The Kier molecular flexibility index (Phi) is 2.46. The first-order chi connectivity index (χ1) is 4.70. The molecule has 1 aromatic rings. The number of aliphatic hydroxyl groups excluding tert-OH is 1. The molecule has 1 N–H and O–H groups in total. The van der Waals surface area contributed by atoms with E-state index >= 15 is 0 Å². The normalized spacial score (nSPS) is 13.1. The Balaban J connectivity index is 2.96. The Bertz CT molecular complexity index is 220. The molecular weight excluding hydrogens is 192 g/mol. The van der Waals surface area contributed by atoms with Crippen molar-refractivity contribution < 1.29 is 5.11 Å². The SMILES string of the molecule is C[C@H](O)c1[c]ccc(Br)c1. The second-order valence-corrected chi connectivity index (χ2v) is 3.05. The van der Waals surface area contributed by atoms with Gasteiger partial charge in [-0.1, -0.05) is 22.0 Å². The van der Waals surface area contributed by atoms with Gasteiger partial charge in [0.05, 0.1) is 6.10 Å². The first-order valence-corrected chi connectivity index (χ1v) is 3.84. The number of aliphatic hydroxyl groups is 1. The van der Waals surface area contributed by atoms with Gasteiger partial charge < -0.3 is 5.11 Å². The molecule has 1 atom stereocenters. The summed E-state index contributed by atoms with van der Waals surface area (Å²) >= 11 is 3.30. The van der Waals surface area contributed by atoms with Gasteiger partial charge in [0, 0.05) is 4.47 Å². The van der Waals surface area contributed by atoms with Crippen molar-refractivity contribution >= 4 is 15.9 Å². The minimum Gasteiger partial charge on any atom is -0.389 e. The number of hydrogen-bond donors (Lipinski definition) is 1. The zero-order valence-electron chi connectivity index (χ0n) is 5.63. The van der Waals surface area contributed by atoms with E-state index in [9.17, 15) is 0 Å². The summed E-state index contributed by atoms with van der Waals surface area (Å²) in [5.74, 6) is 0. The molecule has 0 fully saturated rings. The van der Waals surface area contributed by atoms with Crippen LogP contribution in [0.15, 0.2) is 22.7 Å². The first kappa shape index (κ1) is 7.76. The highest BCUT2D eigenvalue weighted by molar-refractivity contribution is 9.10. The highest BCUT2D eigenvalue weighted by atomic mass is 79.9. The number of benzene rings is 1. The zero-order chi connectivity index (χ0) is 7.56. The van der Waals surface area contributed by atoms with Crippen molar-refractivity contribution in [2.45, 2.75) is 13.0 Å². The van der Waals surface area contributed by atoms with Gasteiger partial charge in [-0.05, 0) is 30.7 Å². The van der Waals surface area contributed by atoms with Crippen LogP contribution in [-0.2, 0) is 0 Å². The fourth-order valence-electron chi connectivity index (χ4n) is 0.697. The summed E-state index contributed by atoms with van der Waals surface area (Å²) in [6.07, 6.45) is -0.433. The first-order valence-electron chi connectivity index (χ1n) is 3.05. The van der Waals surface area contributed by atoms with Gasteiger partial charge in [0.25, 0.3) is 0 Å². The second-order valence-electron chi connectivity index (χ2n) is 2.14. The van der Waals surface area contributed by atoms with Gasteiger partial charge in [-0.2, -0.15) is 0 Å². The van der Waals surface area contributed by atoms with Gasteiger partial charge in [0.15, 0.2) is 0 Å². The predicted octanol–water partition coefficient (Wildman–Crippen LogP) is 2.30. The van der Waals surface area contributed by atoms with E-state index in [1.165, 1.54) is 0 Å². The monoisotopic (exact) mass is 199 g/mol. The quantitative estimate of drug-likeness (QED) is 0.737. The summed E-state index contributed by atoms with van der Waals surface area (Å²) < 4.78 is 0.974. The smallest absolute Gasteiger partial charge is 0.0768 e. The molecule has 0 unspecified atom stereocenters. The molecule has 1 rings (SSSR count). The molecule has 0 aromatic heterocycles. The van der Waals surface area contributed by atoms with Crippen LogP contribution in [0.25, 0.3) is 0 Å². The molecule has 0 amide bonds. The number of halogens is 1. The molecule has 1 aromatic carbocycles. The standard InChI is InChI=1S/C8H8BrO/c1-6(10)7-3-2-4-8(9)5-7/h2,4-6,10H,1H3/t6-/m0/s1. The van der Waals surface area contributed by atoms with Crippen molar-refractivity contribution in [3.05, 3.63) is 34.3 Å². The van der Waals surface area contributed by atoms with E-state index in [0.29, 0.717) is 0 Å². The number of hydrogen-bond acceptors (Lipinski definition) is 1. The summed E-state index contributed by atoms with van der Waals surface area (Å²) in [5.41, 5.74) is 0.814. The average molecular weight is 200 g/mol. The van der Waals surface area contributed by atoms with E-state index in [-0.39, 0.29) is 0 Å². The van der Waals surface area contributed by atoms with E-state index in [0.717, 1.165) is 10.0 Å². The second kappa shape index (κ2) is 3.17. The average Bonchev–Trinajstić information content (AvgIpc) is 1.88. The van der Waals surface area contributed by atoms with Crippen molar-refractivity contribution in [1.29, 1.82) is 0 Å². The maximum absolute atomic E-state index is 9.10. The lowest BCUT2D eigenvalue weighted by Crippen LogP contribution is -1.89. The summed E-state index contributed by atoms with van der Waals surface area (Å²) in [6.45, 7) is 1.72. The third-order valence-corrected chi connectivity index (χ3v) is 1.73. The lowest BCUT2D eigenvalue weighted by Gasteiger charge is -2.02. The zero-order valence-corrected chi connectivity index (χ0v) is 7.22. The Hall–Kier alpha value is -0.340.